The highest BCUT2D eigenvalue weighted by atomic mass is 32.2. The molecule has 0 spiro atoms. The second-order valence-corrected chi connectivity index (χ2v) is 11.0. The number of hydrogen-bond donors (Lipinski definition) is 1. The maximum absolute atomic E-state index is 13.7. The smallest absolute Gasteiger partial charge is 0.241 e. The van der Waals surface area contributed by atoms with Crippen molar-refractivity contribution in [2.45, 2.75) is 17.4 Å². The highest BCUT2D eigenvalue weighted by molar-refractivity contribution is 7.89. The summed E-state index contributed by atoms with van der Waals surface area (Å²) in [5.74, 6) is 0.482. The van der Waals surface area contributed by atoms with Crippen LogP contribution in [-0.2, 0) is 21.2 Å². The van der Waals surface area contributed by atoms with Gasteiger partial charge in [-0.05, 0) is 29.7 Å². The molecular formula is C30H35N3O5S. The fourth-order valence-electron chi connectivity index (χ4n) is 4.54. The third-order valence-corrected chi connectivity index (χ3v) is 8.17. The molecule has 1 aliphatic rings. The normalized spacial score (nSPS) is 15.3. The summed E-state index contributed by atoms with van der Waals surface area (Å²) in [6, 6.07) is 23.0. The molecule has 39 heavy (non-hydrogen) atoms. The molecule has 1 amide bonds. The maximum Gasteiger partial charge on any atom is 0.241 e. The van der Waals surface area contributed by atoms with E-state index in [1.54, 1.807) is 4.90 Å². The van der Waals surface area contributed by atoms with E-state index in [9.17, 15) is 13.2 Å². The number of carbonyl (C=O) groups is 1. The van der Waals surface area contributed by atoms with Crippen molar-refractivity contribution in [3.63, 3.8) is 0 Å². The van der Waals surface area contributed by atoms with Crippen molar-refractivity contribution in [1.82, 2.24) is 14.5 Å². The number of ether oxygens (including phenoxy) is 2. The Morgan fingerprint density at radius 2 is 1.54 bits per heavy atom. The minimum absolute atomic E-state index is 0.000958. The summed E-state index contributed by atoms with van der Waals surface area (Å²) < 4.78 is 39.9. The maximum atomic E-state index is 13.7. The molecule has 4 rings (SSSR count). The first kappa shape index (κ1) is 28.4. The summed E-state index contributed by atoms with van der Waals surface area (Å²) >= 11 is 0. The number of nitrogens with zero attached hydrogens (tertiary/aromatic N) is 2. The minimum atomic E-state index is -4.02. The Bertz CT molecular complexity index is 1360. The standard InChI is InChI=1S/C30H35N3O5S/c1-37-28-16-15-26(23-29(28)38-2)39(35,36)31-27(22-25-12-7-4-8-13-25)30(34)33-20-18-32(19-21-33)17-9-14-24-10-5-3-6-11-24/h3-16,23,27,31H,17-22H2,1-2H3/b14-9+/t27-/m1/s1. The van der Waals surface area contributed by atoms with Gasteiger partial charge in [-0.2, -0.15) is 4.72 Å². The van der Waals surface area contributed by atoms with Crippen LogP contribution in [0.15, 0.2) is 89.8 Å². The second kappa shape index (κ2) is 13.4. The van der Waals surface area contributed by atoms with E-state index < -0.39 is 16.1 Å². The molecular weight excluding hydrogens is 514 g/mol. The quantitative estimate of drug-likeness (QED) is 0.394. The fraction of sp³-hybridized carbons (Fsp3) is 0.300. The van der Waals surface area contributed by atoms with Crippen molar-refractivity contribution in [3.8, 4) is 11.5 Å². The van der Waals surface area contributed by atoms with Gasteiger partial charge in [-0.3, -0.25) is 9.69 Å². The van der Waals surface area contributed by atoms with E-state index in [-0.39, 0.29) is 17.2 Å². The average Bonchev–Trinajstić information content (AvgIpc) is 2.97. The molecule has 0 radical (unpaired) electrons. The molecule has 3 aromatic carbocycles. The van der Waals surface area contributed by atoms with E-state index in [0.717, 1.165) is 17.7 Å². The third kappa shape index (κ3) is 7.69. The summed E-state index contributed by atoms with van der Waals surface area (Å²) in [4.78, 5) is 17.7. The van der Waals surface area contributed by atoms with Crippen molar-refractivity contribution in [3.05, 3.63) is 96.1 Å². The zero-order valence-corrected chi connectivity index (χ0v) is 23.1. The number of sulfonamides is 1. The average molecular weight is 550 g/mol. The number of carbonyl (C=O) groups excluding carboxylic acids is 1. The van der Waals surface area contributed by atoms with Crippen LogP contribution in [0.5, 0.6) is 11.5 Å². The summed E-state index contributed by atoms with van der Waals surface area (Å²) in [5, 5.41) is 0. The molecule has 3 aromatic rings. The lowest BCUT2D eigenvalue weighted by Crippen LogP contribution is -2.55. The zero-order valence-electron chi connectivity index (χ0n) is 22.3. The number of amides is 1. The van der Waals surface area contributed by atoms with Crippen molar-refractivity contribution in [1.29, 1.82) is 0 Å². The molecule has 1 aliphatic heterocycles. The van der Waals surface area contributed by atoms with Gasteiger partial charge in [-0.1, -0.05) is 72.8 Å². The van der Waals surface area contributed by atoms with Crippen LogP contribution in [0.4, 0.5) is 0 Å². The van der Waals surface area contributed by atoms with Gasteiger partial charge in [0.1, 0.15) is 6.04 Å². The highest BCUT2D eigenvalue weighted by Crippen LogP contribution is 2.29. The Morgan fingerprint density at radius 1 is 0.897 bits per heavy atom. The first-order chi connectivity index (χ1) is 18.9. The van der Waals surface area contributed by atoms with Gasteiger partial charge in [0.15, 0.2) is 11.5 Å². The van der Waals surface area contributed by atoms with Crippen LogP contribution in [0.25, 0.3) is 6.08 Å². The largest absolute Gasteiger partial charge is 0.493 e. The molecule has 0 aromatic heterocycles. The summed E-state index contributed by atoms with van der Waals surface area (Å²) in [6.45, 7) is 3.27. The van der Waals surface area contributed by atoms with Crippen LogP contribution in [0, 0.1) is 0 Å². The van der Waals surface area contributed by atoms with E-state index in [4.69, 9.17) is 9.47 Å². The molecule has 1 atom stereocenters. The summed E-state index contributed by atoms with van der Waals surface area (Å²) in [5.41, 5.74) is 2.02. The van der Waals surface area contributed by atoms with Gasteiger partial charge < -0.3 is 14.4 Å². The zero-order chi connectivity index (χ0) is 27.7. The van der Waals surface area contributed by atoms with Gasteiger partial charge in [0.05, 0.1) is 19.1 Å². The molecule has 0 saturated carbocycles. The lowest BCUT2D eigenvalue weighted by molar-refractivity contribution is -0.134. The lowest BCUT2D eigenvalue weighted by atomic mass is 10.1. The Hall–Kier alpha value is -3.66. The summed E-state index contributed by atoms with van der Waals surface area (Å²) in [6.07, 6.45) is 4.46. The molecule has 8 nitrogen and oxygen atoms in total. The van der Waals surface area contributed by atoms with Gasteiger partial charge in [0, 0.05) is 38.8 Å². The van der Waals surface area contributed by atoms with Crippen LogP contribution in [0.2, 0.25) is 0 Å². The number of rotatable bonds is 11. The van der Waals surface area contributed by atoms with Gasteiger partial charge in [-0.25, -0.2) is 8.42 Å². The van der Waals surface area contributed by atoms with Crippen molar-refractivity contribution in [2.24, 2.45) is 0 Å². The highest BCUT2D eigenvalue weighted by Gasteiger charge is 2.31. The van der Waals surface area contributed by atoms with Crippen LogP contribution in [0.3, 0.4) is 0 Å². The van der Waals surface area contributed by atoms with Crippen LogP contribution >= 0.6 is 0 Å². The molecule has 1 N–H and O–H groups in total. The number of methoxy groups -OCH3 is 2. The van der Waals surface area contributed by atoms with Crippen molar-refractivity contribution >= 4 is 22.0 Å². The van der Waals surface area contributed by atoms with Crippen LogP contribution < -0.4 is 14.2 Å². The number of nitrogens with one attached hydrogen (secondary N) is 1. The SMILES string of the molecule is COc1ccc(S(=O)(=O)N[C@H](Cc2ccccc2)C(=O)N2CCN(C/C=C/c3ccccc3)CC2)cc1OC. The minimum Gasteiger partial charge on any atom is -0.493 e. The topological polar surface area (TPSA) is 88.2 Å². The molecule has 9 heteroatoms. The van der Waals surface area contributed by atoms with E-state index >= 15 is 0 Å². The molecule has 1 fully saturated rings. The number of benzene rings is 3. The van der Waals surface area contributed by atoms with E-state index in [1.165, 1.54) is 32.4 Å². The Balaban J connectivity index is 1.45. The fourth-order valence-corrected chi connectivity index (χ4v) is 5.75. The Kier molecular flexibility index (Phi) is 9.75. The van der Waals surface area contributed by atoms with Crippen LogP contribution in [0.1, 0.15) is 11.1 Å². The van der Waals surface area contributed by atoms with Gasteiger partial charge in [0.25, 0.3) is 0 Å². The number of hydrogen-bond acceptors (Lipinski definition) is 6. The monoisotopic (exact) mass is 549 g/mol. The van der Waals surface area contributed by atoms with Crippen molar-refractivity contribution in [2.75, 3.05) is 46.9 Å². The van der Waals surface area contributed by atoms with Crippen LogP contribution in [-0.4, -0.2) is 77.1 Å². The third-order valence-electron chi connectivity index (χ3n) is 6.70. The van der Waals surface area contributed by atoms with E-state index in [0.29, 0.717) is 37.7 Å². The van der Waals surface area contributed by atoms with Gasteiger partial charge in [0.2, 0.25) is 15.9 Å². The van der Waals surface area contributed by atoms with E-state index in [1.807, 2.05) is 48.5 Å². The molecule has 1 saturated heterocycles. The Labute approximate surface area is 230 Å². The van der Waals surface area contributed by atoms with Gasteiger partial charge in [-0.15, -0.1) is 0 Å². The summed E-state index contributed by atoms with van der Waals surface area (Å²) in [7, 11) is -1.09. The van der Waals surface area contributed by atoms with E-state index in [2.05, 4.69) is 33.9 Å². The molecule has 0 aliphatic carbocycles. The molecule has 1 heterocycles. The van der Waals surface area contributed by atoms with Crippen molar-refractivity contribution < 1.29 is 22.7 Å². The first-order valence-corrected chi connectivity index (χ1v) is 14.4. The predicted octanol–water partition coefficient (Wildman–Crippen LogP) is 3.45. The molecule has 0 bridgehead atoms. The lowest BCUT2D eigenvalue weighted by Gasteiger charge is -2.36. The molecule has 206 valence electrons. The van der Waals surface area contributed by atoms with Gasteiger partial charge >= 0.3 is 0 Å². The Morgan fingerprint density at radius 3 is 2.18 bits per heavy atom. The predicted molar refractivity (Wildman–Crippen MR) is 152 cm³/mol. The second-order valence-electron chi connectivity index (χ2n) is 9.32. The number of piperazine rings is 1. The molecule has 0 unspecified atom stereocenters. The first-order valence-electron chi connectivity index (χ1n) is 12.9.